The molecular formula is C9H17NO4. The first-order valence-electron chi connectivity index (χ1n) is 4.67. The number of carbonyl (C=O) groups excluding carboxylic acids is 1. The molecule has 0 saturated heterocycles. The van der Waals surface area contributed by atoms with Crippen molar-refractivity contribution in [2.45, 2.75) is 45.8 Å². The highest BCUT2D eigenvalue weighted by atomic mass is 16.6. The standard InChI is InChI=1S/C9H17NO4/c1-4-5-7(8(11)12)10-9(13)14-6(2)3/h6-7H,4-5H2,1-3H3,(H,10,13)(H,11,12)/t7-/m0/s1. The molecule has 0 saturated carbocycles. The van der Waals surface area contributed by atoms with Crippen LogP contribution in [0.1, 0.15) is 33.6 Å². The molecule has 5 nitrogen and oxygen atoms in total. The topological polar surface area (TPSA) is 75.6 Å². The van der Waals surface area contributed by atoms with Crippen LogP contribution in [0.2, 0.25) is 0 Å². The summed E-state index contributed by atoms with van der Waals surface area (Å²) in [6.45, 7) is 5.26. The van der Waals surface area contributed by atoms with Crippen LogP contribution >= 0.6 is 0 Å². The first-order chi connectivity index (χ1) is 6.47. The van der Waals surface area contributed by atoms with Gasteiger partial charge in [0.15, 0.2) is 0 Å². The summed E-state index contributed by atoms with van der Waals surface area (Å²) in [5.41, 5.74) is 0. The number of rotatable bonds is 5. The van der Waals surface area contributed by atoms with Gasteiger partial charge in [-0.05, 0) is 20.3 Å². The molecule has 0 aliphatic carbocycles. The second kappa shape index (κ2) is 6.23. The SMILES string of the molecule is CCC[C@H](NC(=O)OC(C)C)C(=O)O. The molecule has 82 valence electrons. The van der Waals surface area contributed by atoms with Crippen molar-refractivity contribution in [3.05, 3.63) is 0 Å². The lowest BCUT2D eigenvalue weighted by molar-refractivity contribution is -0.139. The molecule has 14 heavy (non-hydrogen) atoms. The van der Waals surface area contributed by atoms with Gasteiger partial charge >= 0.3 is 12.1 Å². The van der Waals surface area contributed by atoms with Crippen molar-refractivity contribution < 1.29 is 19.4 Å². The van der Waals surface area contributed by atoms with E-state index >= 15 is 0 Å². The van der Waals surface area contributed by atoms with Crippen LogP contribution in [0.5, 0.6) is 0 Å². The van der Waals surface area contributed by atoms with Crippen molar-refractivity contribution in [1.29, 1.82) is 0 Å². The van der Waals surface area contributed by atoms with Crippen LogP contribution in [-0.2, 0) is 9.53 Å². The molecule has 0 unspecified atom stereocenters. The third-order valence-corrected chi connectivity index (χ3v) is 1.51. The first-order valence-corrected chi connectivity index (χ1v) is 4.67. The van der Waals surface area contributed by atoms with Gasteiger partial charge in [0, 0.05) is 0 Å². The van der Waals surface area contributed by atoms with Gasteiger partial charge in [0.2, 0.25) is 0 Å². The molecule has 0 aromatic rings. The number of carbonyl (C=O) groups is 2. The number of alkyl carbamates (subject to hydrolysis) is 1. The smallest absolute Gasteiger partial charge is 0.408 e. The van der Waals surface area contributed by atoms with Crippen molar-refractivity contribution in [1.82, 2.24) is 5.32 Å². The normalized spacial score (nSPS) is 12.3. The summed E-state index contributed by atoms with van der Waals surface area (Å²) >= 11 is 0. The summed E-state index contributed by atoms with van der Waals surface area (Å²) in [4.78, 5) is 21.7. The van der Waals surface area contributed by atoms with Gasteiger partial charge in [-0.1, -0.05) is 13.3 Å². The zero-order valence-electron chi connectivity index (χ0n) is 8.74. The molecule has 0 bridgehead atoms. The summed E-state index contributed by atoms with van der Waals surface area (Å²) in [6.07, 6.45) is 0.175. The Morgan fingerprint density at radius 3 is 2.36 bits per heavy atom. The molecule has 0 heterocycles. The fraction of sp³-hybridized carbons (Fsp3) is 0.778. The summed E-state index contributed by atoms with van der Waals surface area (Å²) in [7, 11) is 0. The average molecular weight is 203 g/mol. The van der Waals surface area contributed by atoms with E-state index in [1.54, 1.807) is 13.8 Å². The third kappa shape index (κ3) is 5.40. The van der Waals surface area contributed by atoms with E-state index < -0.39 is 18.1 Å². The Bertz CT molecular complexity index is 203. The Balaban J connectivity index is 4.02. The molecule has 0 aliphatic heterocycles. The second-order valence-corrected chi connectivity index (χ2v) is 3.28. The van der Waals surface area contributed by atoms with E-state index in [1.165, 1.54) is 0 Å². The van der Waals surface area contributed by atoms with Crippen molar-refractivity contribution in [3.8, 4) is 0 Å². The minimum atomic E-state index is -1.03. The average Bonchev–Trinajstić information content (AvgIpc) is 2.01. The van der Waals surface area contributed by atoms with Crippen molar-refractivity contribution in [2.75, 3.05) is 0 Å². The maximum absolute atomic E-state index is 11.0. The van der Waals surface area contributed by atoms with Crippen molar-refractivity contribution in [3.63, 3.8) is 0 Å². The van der Waals surface area contributed by atoms with E-state index in [2.05, 4.69) is 5.32 Å². The zero-order chi connectivity index (χ0) is 11.1. The monoisotopic (exact) mass is 203 g/mol. The Kier molecular flexibility index (Phi) is 5.67. The number of hydrogen-bond donors (Lipinski definition) is 2. The Labute approximate surface area is 83.4 Å². The molecular weight excluding hydrogens is 186 g/mol. The highest BCUT2D eigenvalue weighted by molar-refractivity contribution is 5.79. The van der Waals surface area contributed by atoms with Crippen molar-refractivity contribution >= 4 is 12.1 Å². The summed E-state index contributed by atoms with van der Waals surface area (Å²) in [5.74, 6) is -1.03. The quantitative estimate of drug-likeness (QED) is 0.707. The van der Waals surface area contributed by atoms with E-state index in [-0.39, 0.29) is 6.10 Å². The minimum absolute atomic E-state index is 0.244. The molecule has 0 spiro atoms. The molecule has 0 aromatic carbocycles. The van der Waals surface area contributed by atoms with Gasteiger partial charge in [-0.2, -0.15) is 0 Å². The van der Waals surface area contributed by atoms with Gasteiger partial charge in [0.05, 0.1) is 6.10 Å². The zero-order valence-corrected chi connectivity index (χ0v) is 8.74. The van der Waals surface area contributed by atoms with E-state index in [4.69, 9.17) is 9.84 Å². The van der Waals surface area contributed by atoms with Crippen LogP contribution in [0.15, 0.2) is 0 Å². The van der Waals surface area contributed by atoms with Crippen LogP contribution in [0.4, 0.5) is 4.79 Å². The highest BCUT2D eigenvalue weighted by Gasteiger charge is 2.19. The molecule has 0 fully saturated rings. The predicted molar refractivity (Wildman–Crippen MR) is 51.1 cm³/mol. The number of aliphatic carboxylic acids is 1. The van der Waals surface area contributed by atoms with E-state index in [1.807, 2.05) is 6.92 Å². The molecule has 0 radical (unpaired) electrons. The van der Waals surface area contributed by atoms with E-state index in [0.29, 0.717) is 12.8 Å². The lowest BCUT2D eigenvalue weighted by Gasteiger charge is -2.14. The summed E-state index contributed by atoms with van der Waals surface area (Å²) in [5, 5.41) is 11.0. The fourth-order valence-corrected chi connectivity index (χ4v) is 0.936. The number of hydrogen-bond acceptors (Lipinski definition) is 3. The first kappa shape index (κ1) is 12.7. The van der Waals surface area contributed by atoms with Crippen LogP contribution < -0.4 is 5.32 Å². The Morgan fingerprint density at radius 1 is 1.43 bits per heavy atom. The van der Waals surface area contributed by atoms with Gasteiger partial charge in [-0.3, -0.25) is 0 Å². The molecule has 1 amide bonds. The van der Waals surface area contributed by atoms with E-state index in [0.717, 1.165) is 0 Å². The van der Waals surface area contributed by atoms with Crippen molar-refractivity contribution in [2.24, 2.45) is 0 Å². The van der Waals surface area contributed by atoms with Crippen LogP contribution in [-0.4, -0.2) is 29.3 Å². The molecule has 0 aliphatic rings. The lowest BCUT2D eigenvalue weighted by Crippen LogP contribution is -2.41. The molecule has 0 rings (SSSR count). The number of nitrogens with one attached hydrogen (secondary N) is 1. The summed E-state index contributed by atoms with van der Waals surface area (Å²) < 4.78 is 4.76. The maximum atomic E-state index is 11.0. The third-order valence-electron chi connectivity index (χ3n) is 1.51. The number of ether oxygens (including phenoxy) is 1. The van der Waals surface area contributed by atoms with Crippen LogP contribution in [0.3, 0.4) is 0 Å². The number of amides is 1. The predicted octanol–water partition coefficient (Wildman–Crippen LogP) is 1.37. The minimum Gasteiger partial charge on any atom is -0.480 e. The Hall–Kier alpha value is -1.26. The largest absolute Gasteiger partial charge is 0.480 e. The highest BCUT2D eigenvalue weighted by Crippen LogP contribution is 1.98. The lowest BCUT2D eigenvalue weighted by atomic mass is 10.2. The number of carboxylic acids is 1. The molecule has 1 atom stereocenters. The van der Waals surface area contributed by atoms with Gasteiger partial charge in [-0.25, -0.2) is 9.59 Å². The van der Waals surface area contributed by atoms with Crippen LogP contribution in [0.25, 0.3) is 0 Å². The van der Waals surface area contributed by atoms with E-state index in [9.17, 15) is 9.59 Å². The molecule has 5 heteroatoms. The van der Waals surface area contributed by atoms with Gasteiger partial charge in [-0.15, -0.1) is 0 Å². The second-order valence-electron chi connectivity index (χ2n) is 3.28. The van der Waals surface area contributed by atoms with Gasteiger partial charge in [0.1, 0.15) is 6.04 Å². The molecule has 2 N–H and O–H groups in total. The number of carboxylic acid groups (broad SMARTS) is 1. The van der Waals surface area contributed by atoms with Gasteiger partial charge < -0.3 is 15.2 Å². The maximum Gasteiger partial charge on any atom is 0.408 e. The Morgan fingerprint density at radius 2 is 2.00 bits per heavy atom. The molecule has 0 aromatic heterocycles. The summed E-state index contributed by atoms with van der Waals surface area (Å²) in [6, 6.07) is -0.855. The fourth-order valence-electron chi connectivity index (χ4n) is 0.936. The van der Waals surface area contributed by atoms with Crippen LogP contribution in [0, 0.1) is 0 Å². The van der Waals surface area contributed by atoms with Gasteiger partial charge in [0.25, 0.3) is 0 Å².